The van der Waals surface area contributed by atoms with Crippen molar-refractivity contribution in [2.75, 3.05) is 0 Å². The molecule has 4 rings (SSSR count). The second-order valence-electron chi connectivity index (χ2n) is 8.45. The Bertz CT molecular complexity index is 489. The molecule has 2 unspecified atom stereocenters. The molecule has 0 aromatic heterocycles. The number of carbonyl (C=O) groups is 1. The summed E-state index contributed by atoms with van der Waals surface area (Å²) < 4.78 is 0. The van der Waals surface area contributed by atoms with Crippen LogP contribution in [-0.2, 0) is 4.79 Å². The van der Waals surface area contributed by atoms with Gasteiger partial charge in [0.15, 0.2) is 0 Å². The van der Waals surface area contributed by atoms with Crippen molar-refractivity contribution in [3.05, 3.63) is 12.2 Å². The highest BCUT2D eigenvalue weighted by Crippen LogP contribution is 2.59. The summed E-state index contributed by atoms with van der Waals surface area (Å²) in [6, 6.07) is 0. The van der Waals surface area contributed by atoms with Gasteiger partial charge in [0, 0.05) is 17.8 Å². The van der Waals surface area contributed by atoms with Crippen molar-refractivity contribution in [3.8, 4) is 0 Å². The van der Waals surface area contributed by atoms with Gasteiger partial charge in [-0.15, -0.1) is 0 Å². The van der Waals surface area contributed by atoms with Crippen LogP contribution in [0.5, 0.6) is 0 Å². The number of ketones is 1. The molecule has 4 saturated carbocycles. The van der Waals surface area contributed by atoms with Crippen molar-refractivity contribution < 1.29 is 15.0 Å². The summed E-state index contributed by atoms with van der Waals surface area (Å²) in [5.41, 5.74) is -0.216. The number of aliphatic hydroxyl groups excluding tert-OH is 2. The fourth-order valence-corrected chi connectivity index (χ4v) is 5.72. The first-order valence-corrected chi connectivity index (χ1v) is 9.08. The molecule has 0 aromatic carbocycles. The Kier molecular flexibility index (Phi) is 3.50. The van der Waals surface area contributed by atoms with Gasteiger partial charge >= 0.3 is 0 Å². The van der Waals surface area contributed by atoms with E-state index in [1.165, 1.54) is 19.3 Å². The van der Waals surface area contributed by atoms with E-state index in [-0.39, 0.29) is 29.5 Å². The van der Waals surface area contributed by atoms with E-state index < -0.39 is 0 Å². The number of Topliss-reactive ketones (excluding diaryl/α,β-unsaturated/α-hetero) is 1. The zero-order valence-electron chi connectivity index (χ0n) is 13.4. The van der Waals surface area contributed by atoms with Crippen molar-refractivity contribution in [1.29, 1.82) is 0 Å². The molecule has 2 N–H and O–H groups in total. The van der Waals surface area contributed by atoms with E-state index in [0.717, 1.165) is 30.6 Å². The van der Waals surface area contributed by atoms with Crippen LogP contribution in [-0.4, -0.2) is 28.2 Å². The van der Waals surface area contributed by atoms with Crippen LogP contribution < -0.4 is 0 Å². The smallest absolute Gasteiger partial charge is 0.139 e. The minimum Gasteiger partial charge on any atom is -0.393 e. The molecule has 0 aliphatic heterocycles. The largest absolute Gasteiger partial charge is 0.393 e. The summed E-state index contributed by atoms with van der Waals surface area (Å²) in [6.07, 6.45) is 10.3. The van der Waals surface area contributed by atoms with Crippen LogP contribution in [0, 0.1) is 35.0 Å². The first kappa shape index (κ1) is 14.9. The maximum Gasteiger partial charge on any atom is 0.139 e. The van der Waals surface area contributed by atoms with Crippen molar-refractivity contribution in [2.45, 2.75) is 64.1 Å². The molecule has 3 nitrogen and oxygen atoms in total. The second kappa shape index (κ2) is 5.17. The summed E-state index contributed by atoms with van der Waals surface area (Å²) >= 11 is 0. The summed E-state index contributed by atoms with van der Waals surface area (Å²) in [5, 5.41) is 20.6. The highest BCUT2D eigenvalue weighted by atomic mass is 16.3. The zero-order valence-corrected chi connectivity index (χ0v) is 13.4. The fraction of sp³-hybridized carbons (Fsp3) is 0.842. The molecule has 0 spiro atoms. The van der Waals surface area contributed by atoms with Crippen LogP contribution in [0.15, 0.2) is 12.2 Å². The molecular weight excluding hydrogens is 276 g/mol. The summed E-state index contributed by atoms with van der Waals surface area (Å²) in [4.78, 5) is 11.9. The predicted octanol–water partition coefficient (Wildman–Crippen LogP) is 2.71. The van der Waals surface area contributed by atoms with Gasteiger partial charge < -0.3 is 10.2 Å². The summed E-state index contributed by atoms with van der Waals surface area (Å²) in [7, 11) is 0. The van der Waals surface area contributed by atoms with E-state index in [1.807, 2.05) is 12.2 Å². The monoisotopic (exact) mass is 304 g/mol. The van der Waals surface area contributed by atoms with Crippen molar-refractivity contribution >= 4 is 5.78 Å². The average Bonchev–Trinajstić information content (AvgIpc) is 2.93. The molecule has 22 heavy (non-hydrogen) atoms. The average molecular weight is 304 g/mol. The number of hydrogen-bond donors (Lipinski definition) is 2. The number of rotatable bonds is 4. The van der Waals surface area contributed by atoms with E-state index in [9.17, 15) is 15.0 Å². The molecule has 4 fully saturated rings. The van der Waals surface area contributed by atoms with Gasteiger partial charge in [-0.05, 0) is 55.8 Å². The maximum atomic E-state index is 11.9. The first-order chi connectivity index (χ1) is 10.5. The van der Waals surface area contributed by atoms with Gasteiger partial charge in [-0.25, -0.2) is 0 Å². The van der Waals surface area contributed by atoms with Gasteiger partial charge in [0.2, 0.25) is 0 Å². The van der Waals surface area contributed by atoms with Crippen LogP contribution in [0.2, 0.25) is 0 Å². The Balaban J connectivity index is 1.36. The van der Waals surface area contributed by atoms with Gasteiger partial charge in [-0.2, -0.15) is 0 Å². The molecule has 4 aliphatic carbocycles. The molecule has 122 valence electrons. The lowest BCUT2D eigenvalue weighted by atomic mass is 9.50. The minimum atomic E-state index is -0.383. The zero-order chi connectivity index (χ0) is 15.5. The first-order valence-electron chi connectivity index (χ1n) is 9.08. The lowest BCUT2D eigenvalue weighted by Gasteiger charge is -2.53. The van der Waals surface area contributed by atoms with Gasteiger partial charge in [-0.3, -0.25) is 4.79 Å². The third-order valence-corrected chi connectivity index (χ3v) is 7.38. The lowest BCUT2D eigenvalue weighted by molar-refractivity contribution is -0.157. The number of fused-ring (bicyclic) bond motifs is 2. The fourth-order valence-electron chi connectivity index (χ4n) is 5.72. The Hall–Kier alpha value is -0.670. The Morgan fingerprint density at radius 2 is 2.05 bits per heavy atom. The summed E-state index contributed by atoms with van der Waals surface area (Å²) in [6.45, 7) is 2.05. The van der Waals surface area contributed by atoms with Crippen molar-refractivity contribution in [1.82, 2.24) is 0 Å². The quantitative estimate of drug-likeness (QED) is 0.785. The maximum absolute atomic E-state index is 11.9. The van der Waals surface area contributed by atoms with E-state index in [1.54, 1.807) is 0 Å². The van der Waals surface area contributed by atoms with Gasteiger partial charge in [0.25, 0.3) is 0 Å². The van der Waals surface area contributed by atoms with E-state index in [4.69, 9.17) is 0 Å². The van der Waals surface area contributed by atoms with E-state index in [2.05, 4.69) is 6.92 Å². The molecule has 0 bridgehead atoms. The highest BCUT2D eigenvalue weighted by Gasteiger charge is 2.57. The normalized spacial score (nSPS) is 51.3. The van der Waals surface area contributed by atoms with Gasteiger partial charge in [-0.1, -0.05) is 25.5 Å². The van der Waals surface area contributed by atoms with Crippen LogP contribution >= 0.6 is 0 Å². The van der Waals surface area contributed by atoms with Crippen LogP contribution in [0.1, 0.15) is 51.9 Å². The van der Waals surface area contributed by atoms with Crippen molar-refractivity contribution in [3.63, 3.8) is 0 Å². The third-order valence-electron chi connectivity index (χ3n) is 7.38. The molecule has 3 heteroatoms. The molecule has 0 saturated heterocycles. The van der Waals surface area contributed by atoms with Gasteiger partial charge in [0.1, 0.15) is 5.78 Å². The topological polar surface area (TPSA) is 57.5 Å². The van der Waals surface area contributed by atoms with Crippen LogP contribution in [0.25, 0.3) is 0 Å². The molecule has 0 amide bonds. The van der Waals surface area contributed by atoms with Gasteiger partial charge in [0.05, 0.1) is 12.2 Å². The van der Waals surface area contributed by atoms with E-state index >= 15 is 0 Å². The Labute approximate surface area is 132 Å². The molecular formula is C19H28O3. The molecule has 7 atom stereocenters. The molecule has 4 aliphatic rings. The second-order valence-corrected chi connectivity index (χ2v) is 8.45. The molecule has 0 aromatic rings. The van der Waals surface area contributed by atoms with Crippen LogP contribution in [0.4, 0.5) is 0 Å². The number of aliphatic hydroxyl groups is 2. The SMILES string of the molecule is C[C@@]12CC[C@H](O)[C@@H](/C=C/[C@@H](O)CC3C4CCCC43)[C@@H]1CC2=O. The Morgan fingerprint density at radius 3 is 2.73 bits per heavy atom. The standard InChI is InChI=1S/C19H28O3/c1-19-8-7-17(21)14(16(19)10-18(19)22)6-5-11(20)9-15-12-3-2-4-13(12)15/h5-6,11-17,20-21H,2-4,7-10H2,1H3/b6-5+/t11-,12?,13?,14+,15?,16+,17+,19-/m1/s1. The number of hydrogen-bond acceptors (Lipinski definition) is 3. The van der Waals surface area contributed by atoms with Crippen LogP contribution in [0.3, 0.4) is 0 Å². The minimum absolute atomic E-state index is 0.0461. The summed E-state index contributed by atoms with van der Waals surface area (Å²) in [5.74, 6) is 3.18. The molecule has 0 radical (unpaired) electrons. The number of carbonyl (C=O) groups excluding carboxylic acids is 1. The Morgan fingerprint density at radius 1 is 1.32 bits per heavy atom. The highest BCUT2D eigenvalue weighted by molar-refractivity contribution is 5.91. The lowest BCUT2D eigenvalue weighted by Crippen LogP contribution is -2.56. The predicted molar refractivity (Wildman–Crippen MR) is 84.0 cm³/mol. The van der Waals surface area contributed by atoms with E-state index in [0.29, 0.717) is 18.6 Å². The van der Waals surface area contributed by atoms with Crippen molar-refractivity contribution in [2.24, 2.45) is 35.0 Å². The molecule has 0 heterocycles. The third kappa shape index (κ3) is 2.20.